The number of pyridine rings is 1. The van der Waals surface area contributed by atoms with Crippen molar-refractivity contribution in [3.8, 4) is 35.9 Å². The van der Waals surface area contributed by atoms with Crippen molar-refractivity contribution < 1.29 is 0 Å². The van der Waals surface area contributed by atoms with E-state index in [1.54, 1.807) is 6.20 Å². The summed E-state index contributed by atoms with van der Waals surface area (Å²) in [5.74, 6) is 6.38. The fourth-order valence-electron chi connectivity index (χ4n) is 6.15. The number of azide groups is 2. The van der Waals surface area contributed by atoms with Gasteiger partial charge in [0.05, 0.1) is 32.4 Å². The minimum Gasteiger partial charge on any atom is -0.299 e. The summed E-state index contributed by atoms with van der Waals surface area (Å²) >= 11 is 0. The molecule has 1 unspecified atom stereocenters. The quantitative estimate of drug-likeness (QED) is 0.0520. The maximum absolute atomic E-state index is 7.99. The van der Waals surface area contributed by atoms with E-state index in [0.717, 1.165) is 53.5 Å². The zero-order chi connectivity index (χ0) is 48.9. The Morgan fingerprint density at radius 2 is 1.24 bits per heavy atom. The third kappa shape index (κ3) is 24.6. The highest BCUT2D eigenvalue weighted by molar-refractivity contribution is 5.57. The van der Waals surface area contributed by atoms with Crippen LogP contribution in [-0.2, 0) is 26.1 Å². The van der Waals surface area contributed by atoms with Crippen LogP contribution in [0.4, 0.5) is 0 Å². The molecule has 8 rings (SSSR count). The molecule has 68 heavy (non-hydrogen) atoms. The maximum Gasteiger partial charge on any atom is 0.113 e. The summed E-state index contributed by atoms with van der Waals surface area (Å²) in [6.07, 6.45) is 23.1. The monoisotopic (exact) mass is 900 g/mol. The lowest BCUT2D eigenvalue weighted by molar-refractivity contribution is 0.464. The van der Waals surface area contributed by atoms with Gasteiger partial charge in [-0.05, 0) is 90.8 Å². The molecule has 0 amide bonds. The molecule has 0 aliphatic heterocycles. The maximum atomic E-state index is 7.99. The van der Waals surface area contributed by atoms with Crippen LogP contribution in [0.1, 0.15) is 48.2 Å². The average Bonchev–Trinajstić information content (AvgIpc) is 4.04. The molecule has 0 N–H and O–H groups in total. The van der Waals surface area contributed by atoms with Gasteiger partial charge in [-0.3, -0.25) is 9.88 Å². The van der Waals surface area contributed by atoms with Crippen molar-refractivity contribution >= 4 is 0 Å². The molecule has 11 heteroatoms. The molecule has 1 aliphatic carbocycles. The summed E-state index contributed by atoms with van der Waals surface area (Å²) < 4.78 is 1.86. The molecule has 0 saturated heterocycles. The van der Waals surface area contributed by atoms with Gasteiger partial charge in [0, 0.05) is 32.8 Å². The second-order valence-corrected chi connectivity index (χ2v) is 15.7. The molecule has 0 bridgehead atoms. The molecule has 1 aliphatic rings. The van der Waals surface area contributed by atoms with Gasteiger partial charge in [-0.2, -0.15) is 0 Å². The molecule has 2 aromatic heterocycles. The minimum atomic E-state index is 0.331. The molecule has 0 saturated carbocycles. The van der Waals surface area contributed by atoms with E-state index in [1.807, 2.05) is 157 Å². The van der Waals surface area contributed by atoms with E-state index < -0.39 is 0 Å². The fourth-order valence-corrected chi connectivity index (χ4v) is 6.15. The van der Waals surface area contributed by atoms with Crippen molar-refractivity contribution in [2.24, 2.45) is 22.1 Å². The van der Waals surface area contributed by atoms with Gasteiger partial charge in [-0.15, -0.1) is 17.9 Å². The summed E-state index contributed by atoms with van der Waals surface area (Å²) in [6.45, 7) is 6.81. The zero-order valence-corrected chi connectivity index (χ0v) is 39.5. The molecule has 11 nitrogen and oxygen atoms in total. The van der Waals surface area contributed by atoms with Crippen molar-refractivity contribution in [3.05, 3.63) is 255 Å². The van der Waals surface area contributed by atoms with Crippen molar-refractivity contribution in [1.29, 1.82) is 0 Å². The van der Waals surface area contributed by atoms with Crippen LogP contribution in [0.25, 0.3) is 32.1 Å². The van der Waals surface area contributed by atoms with Crippen molar-refractivity contribution in [2.75, 3.05) is 20.6 Å². The molecule has 0 spiro atoms. The van der Waals surface area contributed by atoms with Crippen LogP contribution in [0.3, 0.4) is 0 Å². The molecule has 344 valence electrons. The Labute approximate surface area is 403 Å². The van der Waals surface area contributed by atoms with Crippen LogP contribution in [0, 0.1) is 36.5 Å². The van der Waals surface area contributed by atoms with Gasteiger partial charge in [-0.25, -0.2) is 4.68 Å². The van der Waals surface area contributed by atoms with E-state index in [0.29, 0.717) is 19.0 Å². The van der Waals surface area contributed by atoms with Gasteiger partial charge < -0.3 is 0 Å². The third-order valence-electron chi connectivity index (χ3n) is 9.27. The van der Waals surface area contributed by atoms with E-state index in [2.05, 4.69) is 122 Å². The number of terminal acetylenes is 2. The lowest BCUT2D eigenvalue weighted by atomic mass is 9.99. The topological polar surface area (TPSA) is 144 Å². The second kappa shape index (κ2) is 34.0. The van der Waals surface area contributed by atoms with Gasteiger partial charge in [0.1, 0.15) is 5.69 Å². The Balaban J connectivity index is 0.000000225. The number of hydrogen-bond donors (Lipinski definition) is 0. The Kier molecular flexibility index (Phi) is 26.9. The van der Waals surface area contributed by atoms with E-state index >= 15 is 0 Å². The SMILES string of the molecule is C#CCN(C)C.C#Cc1ccccc1.CC(C)CC1=CC(Cc2ccccc2)C=C1.[N-]=[N+]=NCc1ccccc1.[N-]=[N+]=NCc1ccccn1.c1ccc(Cn2cc(-c3ccccc3)nn2)cc1. The van der Waals surface area contributed by atoms with E-state index in [1.165, 1.54) is 23.1 Å². The number of hydrogen-bond acceptors (Lipinski definition) is 6. The first kappa shape index (κ1) is 53.9. The van der Waals surface area contributed by atoms with Crippen LogP contribution in [-0.4, -0.2) is 45.5 Å². The van der Waals surface area contributed by atoms with Crippen LogP contribution < -0.4 is 0 Å². The number of allylic oxidation sites excluding steroid dienone is 4. The van der Waals surface area contributed by atoms with Crippen LogP contribution in [0.2, 0.25) is 0 Å². The Morgan fingerprint density at radius 3 is 1.74 bits per heavy atom. The Bertz CT molecular complexity index is 2580. The van der Waals surface area contributed by atoms with E-state index in [4.69, 9.17) is 23.9 Å². The highest BCUT2D eigenvalue weighted by Gasteiger charge is 2.11. The van der Waals surface area contributed by atoms with Crippen LogP contribution in [0.15, 0.2) is 216 Å². The number of aromatic nitrogens is 4. The first-order valence-electron chi connectivity index (χ1n) is 22.2. The largest absolute Gasteiger partial charge is 0.299 e. The normalized spacial score (nSPS) is 11.4. The Hall–Kier alpha value is -8.43. The molecular formula is C57H61N11. The van der Waals surface area contributed by atoms with E-state index in [-0.39, 0.29) is 0 Å². The predicted octanol–water partition coefficient (Wildman–Crippen LogP) is 13.6. The molecular weight excluding hydrogens is 839 g/mol. The molecule has 0 fully saturated rings. The van der Waals surface area contributed by atoms with Crippen LogP contribution in [0.5, 0.6) is 0 Å². The highest BCUT2D eigenvalue weighted by Crippen LogP contribution is 2.24. The molecule has 0 radical (unpaired) electrons. The molecule has 7 aromatic rings. The summed E-state index contributed by atoms with van der Waals surface area (Å²) in [4.78, 5) is 11.2. The Morgan fingerprint density at radius 1 is 0.691 bits per heavy atom. The van der Waals surface area contributed by atoms with Crippen molar-refractivity contribution in [1.82, 2.24) is 24.9 Å². The standard InChI is InChI=1S/C16H20.C15H13N3.C8H6.C7H7N3.C6H6N4.C5H9N/c1-13(2)10-15-8-9-16(12-15)11-14-6-4-3-5-7-14;1-3-7-13(8-4-1)11-18-12-15(16-17-18)14-9-5-2-6-10-14;1-2-8-6-4-3-5-7-8;8-10-9-6-7-4-2-1-3-5-7;7-10-9-5-6-3-1-2-4-8-6;1-4-5-6(2)3/h3-9,12-13,16H,10-11H2,1-2H3;1-10,12H,11H2;1,3-7H;1-5H,6H2;1-4H,5H2;1H,5H2,2-3H3. The smallest absolute Gasteiger partial charge is 0.113 e. The number of nitrogens with zero attached hydrogens (tertiary/aromatic N) is 11. The summed E-state index contributed by atoms with van der Waals surface area (Å²) in [6, 6.07) is 55.8. The molecule has 1 atom stereocenters. The summed E-state index contributed by atoms with van der Waals surface area (Å²) in [5.41, 5.74) is 24.9. The van der Waals surface area contributed by atoms with Gasteiger partial charge in [0.25, 0.3) is 0 Å². The van der Waals surface area contributed by atoms with Crippen molar-refractivity contribution in [2.45, 2.75) is 46.3 Å². The van der Waals surface area contributed by atoms with E-state index in [9.17, 15) is 0 Å². The second-order valence-electron chi connectivity index (χ2n) is 15.7. The lowest BCUT2D eigenvalue weighted by Gasteiger charge is -2.06. The highest BCUT2D eigenvalue weighted by atomic mass is 15.4. The first-order chi connectivity index (χ1) is 33.2. The van der Waals surface area contributed by atoms with Gasteiger partial charge in [0.2, 0.25) is 0 Å². The molecule has 2 heterocycles. The third-order valence-corrected chi connectivity index (χ3v) is 9.27. The van der Waals surface area contributed by atoms with Crippen molar-refractivity contribution in [3.63, 3.8) is 0 Å². The predicted molar refractivity (Wildman–Crippen MR) is 279 cm³/mol. The van der Waals surface area contributed by atoms with Gasteiger partial charge in [-0.1, -0.05) is 211 Å². The summed E-state index contributed by atoms with van der Waals surface area (Å²) in [7, 11) is 3.89. The summed E-state index contributed by atoms with van der Waals surface area (Å²) in [5, 5.41) is 15.1. The lowest BCUT2D eigenvalue weighted by Crippen LogP contribution is -2.10. The van der Waals surface area contributed by atoms with Crippen LogP contribution >= 0.6 is 0 Å². The fraction of sp³-hybridized carbons (Fsp3) is 0.211. The first-order valence-corrected chi connectivity index (χ1v) is 22.2. The molecule has 5 aromatic carbocycles. The number of benzene rings is 5. The average molecular weight is 900 g/mol. The minimum absolute atomic E-state index is 0.331. The van der Waals surface area contributed by atoms with Gasteiger partial charge in [0.15, 0.2) is 0 Å². The number of rotatable bonds is 12. The van der Waals surface area contributed by atoms with Gasteiger partial charge >= 0.3 is 0 Å². The zero-order valence-electron chi connectivity index (χ0n) is 39.5.